The Kier molecular flexibility index (Phi) is 29.4. The summed E-state index contributed by atoms with van der Waals surface area (Å²) in [7, 11) is 0. The topological polar surface area (TPSA) is 137 Å². The van der Waals surface area contributed by atoms with Gasteiger partial charge in [0.25, 0.3) is 0 Å². The molecule has 2 aliphatic heterocycles. The van der Waals surface area contributed by atoms with E-state index < -0.39 is 37.8 Å². The number of hydrogen-bond acceptors (Lipinski definition) is 5. The number of unbranched alkanes of at least 4 members (excludes halogenated alkanes) is 4. The largest absolute Gasteiger partial charge is 0.363 e. The second-order valence-corrected chi connectivity index (χ2v) is 56.6. The van der Waals surface area contributed by atoms with E-state index in [9.17, 15) is 24.0 Å². The number of ketones is 5. The molecule has 0 saturated carbocycles. The summed E-state index contributed by atoms with van der Waals surface area (Å²) in [5.74, 6) is 0.130. The minimum absolute atomic E-state index is 0. The summed E-state index contributed by atoms with van der Waals surface area (Å²) in [6.07, 6.45) is 15.5. The van der Waals surface area contributed by atoms with E-state index in [1.807, 2.05) is 166 Å². The number of carbonyl (C=O) groups excluding carboxylic acids is 5. The Balaban J connectivity index is 0.000000161. The first kappa shape index (κ1) is 88.7. The number of aryl methyl sites for hydroxylation is 5. The standard InChI is InChI=1S/2C31H26N2O2.C23H19N2O.C5H12.4C4H9.CH4.2Sn/c2*1-20-8-12-23(13-9-20)30(34)25-18-28(32-19-25)29(22-6-4-3-5-7-22)26-16-17-27(33-26)31(35)24-14-10-21(2)11-15-24;1-16-9-11-18(12-10-16)23(26)21-14-13-20(25-21)22(19-8-5-15-24-19)17-6-3-2-4-7-17;1-5(2,3)4;4*1-3-4-2;;;/h3-19,29H,1-2H3,(H2,32,33,34,35);3-19,29,32-33H,1-2H3;2-15,22H,1H3,(H,25,26);1-4H3;4*1,3-4H2,2H3;1H4;;/q;;-1;;;;;;;2*+2/p-3. The van der Waals surface area contributed by atoms with E-state index in [1.165, 1.54) is 74.0 Å². The fraction of sp³-hybridized carbons (Fsp3) is 0.280. The van der Waals surface area contributed by atoms with Gasteiger partial charge < -0.3 is 9.97 Å². The molecule has 3 atom stereocenters. The maximum absolute atomic E-state index is 14.4. The summed E-state index contributed by atoms with van der Waals surface area (Å²) in [5.41, 5.74) is 23.7. The Morgan fingerprint density at radius 3 is 1.13 bits per heavy atom. The van der Waals surface area contributed by atoms with Gasteiger partial charge in [0.1, 0.15) is 0 Å². The molecule has 14 aromatic rings. The predicted molar refractivity (Wildman–Crippen MR) is 498 cm³/mol. The van der Waals surface area contributed by atoms with Gasteiger partial charge in [0.2, 0.25) is 5.78 Å². The third-order valence-corrected chi connectivity index (χ3v) is 51.5. The number of fused-ring (bicyclic) bond motifs is 4. The monoisotopic (exact) mass is 1810 g/mol. The van der Waals surface area contributed by atoms with Gasteiger partial charge >= 0.3 is 483 Å². The predicted octanol–water partition coefficient (Wildman–Crippen LogP) is 26.4. The van der Waals surface area contributed by atoms with Crippen LogP contribution >= 0.6 is 0 Å². The normalized spacial score (nSPS) is 14.1. The minimum atomic E-state index is -3.69. The van der Waals surface area contributed by atoms with Gasteiger partial charge in [0.15, 0.2) is 5.78 Å². The number of aromatic nitrogens is 6. The van der Waals surface area contributed by atoms with E-state index in [4.69, 9.17) is 0 Å². The van der Waals surface area contributed by atoms with Crippen LogP contribution in [0.25, 0.3) is 0 Å². The van der Waals surface area contributed by atoms with Crippen molar-refractivity contribution in [2.75, 3.05) is 0 Å². The Labute approximate surface area is 722 Å². The molecule has 0 amide bonds. The summed E-state index contributed by atoms with van der Waals surface area (Å²) in [5, 5.41) is 0. The van der Waals surface area contributed by atoms with Crippen molar-refractivity contribution in [3.05, 3.63) is 426 Å². The van der Waals surface area contributed by atoms with Crippen LogP contribution in [0.5, 0.6) is 0 Å². The molecule has 6 aromatic heterocycles. The molecular formula is C107H120N6O5Sn2. The number of benzene rings is 8. The van der Waals surface area contributed by atoms with Crippen molar-refractivity contribution in [1.29, 1.82) is 0 Å². The van der Waals surface area contributed by atoms with E-state index in [0.717, 1.165) is 102 Å². The van der Waals surface area contributed by atoms with Crippen LogP contribution in [0.4, 0.5) is 0 Å². The van der Waals surface area contributed by atoms with Crippen LogP contribution in [-0.2, 0) is 0 Å². The van der Waals surface area contributed by atoms with Gasteiger partial charge in [0.05, 0.1) is 11.6 Å². The Hall–Kier alpha value is -10.6. The van der Waals surface area contributed by atoms with E-state index in [-0.39, 0.29) is 54.1 Å². The molecule has 11 nitrogen and oxygen atoms in total. The Bertz CT molecular complexity index is 5650. The number of nitrogens with one attached hydrogen (secondary N) is 2. The molecule has 16 rings (SSSR count). The van der Waals surface area contributed by atoms with Crippen molar-refractivity contribution in [3.63, 3.8) is 0 Å². The molecule has 2 N–H and O–H groups in total. The molecule has 8 heterocycles. The molecule has 0 radical (unpaired) electrons. The molecule has 3 unspecified atom stereocenters. The fourth-order valence-electron chi connectivity index (χ4n) is 17.2. The number of hydrogen-bond donors (Lipinski definition) is 2. The van der Waals surface area contributed by atoms with Crippen LogP contribution in [0.1, 0.15) is 291 Å². The maximum atomic E-state index is 14.4. The summed E-state index contributed by atoms with van der Waals surface area (Å²) in [4.78, 5) is 75.2. The van der Waals surface area contributed by atoms with E-state index in [1.54, 1.807) is 6.20 Å². The number of rotatable bonds is 27. The quantitative estimate of drug-likeness (QED) is 0.0390. The molecule has 0 spiro atoms. The van der Waals surface area contributed by atoms with Crippen LogP contribution in [0.2, 0.25) is 17.7 Å². The first-order valence-corrected chi connectivity index (χ1v) is 56.1. The second-order valence-electron chi connectivity index (χ2n) is 34.3. The molecule has 616 valence electrons. The first-order valence-electron chi connectivity index (χ1n) is 42.9. The van der Waals surface area contributed by atoms with E-state index >= 15 is 0 Å². The van der Waals surface area contributed by atoms with Gasteiger partial charge in [-0.25, -0.2) is 0 Å². The third-order valence-electron chi connectivity index (χ3n) is 23.3. The molecule has 0 aliphatic carbocycles. The van der Waals surface area contributed by atoms with Gasteiger partial charge in [-0.15, -0.1) is 0 Å². The SMILES string of the molecule is C.CC(C)(C)C.CCC[CH2][Sn]1([CH2]CCC)[n]2cc(C(=O)c3ccc(C)cc3)cc2C(c2ccccc2)c2ccc(C(=O)c3ccc(C)cc3)[n]21.CCC[CH2][Sn]1([CH2]CCC)[n]2cccc2C(c2ccccc2)c2ccc(C(=O)c3ccc(C)cc3)[n]21.Cc1ccc(C(=O)c2c[nH]c(C(c3ccccc3)c3ccc(C(=O)c4ccc(C)cc4)[nH]3)c2)cc1. The van der Waals surface area contributed by atoms with E-state index in [0.29, 0.717) is 33.4 Å². The van der Waals surface area contributed by atoms with Gasteiger partial charge in [-0.3, -0.25) is 9.59 Å². The Morgan fingerprint density at radius 1 is 0.358 bits per heavy atom. The van der Waals surface area contributed by atoms with Crippen LogP contribution in [-0.4, -0.2) is 87.9 Å². The molecule has 120 heavy (non-hydrogen) atoms. The van der Waals surface area contributed by atoms with Crippen molar-refractivity contribution in [1.82, 2.24) is 21.1 Å². The molecule has 13 heteroatoms. The Morgan fingerprint density at radius 2 is 0.725 bits per heavy atom. The van der Waals surface area contributed by atoms with Crippen LogP contribution in [0.15, 0.2) is 292 Å². The smallest absolute Gasteiger partial charge is 0.209 e. The zero-order valence-corrected chi connectivity index (χ0v) is 77.5. The molecule has 0 saturated heterocycles. The molecule has 8 aromatic carbocycles. The van der Waals surface area contributed by atoms with Gasteiger partial charge in [0, 0.05) is 34.3 Å². The zero-order chi connectivity index (χ0) is 84.1. The van der Waals surface area contributed by atoms with Gasteiger partial charge in [-0.2, -0.15) is 0 Å². The van der Waals surface area contributed by atoms with Crippen molar-refractivity contribution in [2.24, 2.45) is 5.41 Å². The van der Waals surface area contributed by atoms with Crippen LogP contribution < -0.4 is 0 Å². The summed E-state index contributed by atoms with van der Waals surface area (Å²) >= 11 is -6.99. The first-order chi connectivity index (χ1) is 57.5. The number of aromatic amines is 2. The summed E-state index contributed by atoms with van der Waals surface area (Å²) in [6, 6.07) is 91.7. The number of nitrogens with zero attached hydrogens (tertiary/aromatic N) is 4. The number of H-pyrrole nitrogens is 2. The summed E-state index contributed by atoms with van der Waals surface area (Å²) < 4.78 is 15.2. The minimum Gasteiger partial charge on any atom is -0.363 e. The van der Waals surface area contributed by atoms with Crippen molar-refractivity contribution in [2.45, 2.75) is 184 Å². The van der Waals surface area contributed by atoms with E-state index in [2.05, 4.69) is 230 Å². The fourth-order valence-corrected chi connectivity index (χ4v) is 49.2. The molecule has 2 aliphatic rings. The maximum Gasteiger partial charge on any atom is 0.209 e. The van der Waals surface area contributed by atoms with Crippen LogP contribution in [0.3, 0.4) is 0 Å². The second kappa shape index (κ2) is 39.7. The molecule has 0 fully saturated rings. The van der Waals surface area contributed by atoms with Gasteiger partial charge in [-0.05, 0) is 43.0 Å². The van der Waals surface area contributed by atoms with Crippen molar-refractivity contribution < 1.29 is 24.0 Å². The van der Waals surface area contributed by atoms with Gasteiger partial charge in [-0.1, -0.05) is 125 Å². The third kappa shape index (κ3) is 19.5. The van der Waals surface area contributed by atoms with Crippen LogP contribution in [0, 0.1) is 40.0 Å². The number of carbonyl (C=O) groups is 5. The average Bonchev–Trinajstić information content (AvgIpc) is 1.53. The molecular weight excluding hydrogens is 1690 g/mol. The van der Waals surface area contributed by atoms with Crippen molar-refractivity contribution >= 4 is 66.8 Å². The zero-order valence-electron chi connectivity index (χ0n) is 71.8. The van der Waals surface area contributed by atoms with Crippen molar-refractivity contribution in [3.8, 4) is 0 Å². The molecule has 0 bridgehead atoms. The summed E-state index contributed by atoms with van der Waals surface area (Å²) in [6.45, 7) is 28.0. The average molecular weight is 1810 g/mol.